The number of anilines is 3. The number of nitrogens with one attached hydrogen (secondary N) is 2. The van der Waals surface area contributed by atoms with E-state index in [0.29, 0.717) is 17.5 Å². The van der Waals surface area contributed by atoms with Gasteiger partial charge in [0.2, 0.25) is 5.95 Å². The molecule has 1 aromatic heterocycles. The second-order valence-electron chi connectivity index (χ2n) is 6.03. The fraction of sp³-hybridized carbons (Fsp3) is 0.0476. The molecule has 0 aliphatic heterocycles. The minimum Gasteiger partial charge on any atom is -0.365 e. The predicted octanol–water partition coefficient (Wildman–Crippen LogP) is 6.40. The molecule has 0 unspecified atom stereocenters. The van der Waals surface area contributed by atoms with Crippen LogP contribution in [-0.2, 0) is 6.54 Å². The quantitative estimate of drug-likeness (QED) is 0.378. The highest BCUT2D eigenvalue weighted by Crippen LogP contribution is 2.25. The summed E-state index contributed by atoms with van der Waals surface area (Å²) in [5, 5.41) is 8.30. The lowest BCUT2D eigenvalue weighted by Crippen LogP contribution is -2.05. The normalized spacial score (nSPS) is 10.7. The Hall–Kier alpha value is -2.63. The SMILES string of the molecule is Clc1cccc(Nc2nc(NCc3ccc(Br)cc3)c3ccccc3n2)c1. The number of rotatable bonds is 5. The molecule has 27 heavy (non-hydrogen) atoms. The van der Waals surface area contributed by atoms with Crippen LogP contribution in [0.5, 0.6) is 0 Å². The topological polar surface area (TPSA) is 49.8 Å². The highest BCUT2D eigenvalue weighted by molar-refractivity contribution is 9.10. The van der Waals surface area contributed by atoms with Crippen molar-refractivity contribution < 1.29 is 0 Å². The van der Waals surface area contributed by atoms with E-state index in [1.54, 1.807) is 0 Å². The molecular weight excluding hydrogens is 424 g/mol. The van der Waals surface area contributed by atoms with Crippen molar-refractivity contribution in [1.29, 1.82) is 0 Å². The lowest BCUT2D eigenvalue weighted by Gasteiger charge is -2.12. The van der Waals surface area contributed by atoms with Gasteiger partial charge in [-0.2, -0.15) is 4.98 Å². The summed E-state index contributed by atoms with van der Waals surface area (Å²) in [7, 11) is 0. The Labute approximate surface area is 170 Å². The smallest absolute Gasteiger partial charge is 0.229 e. The Morgan fingerprint density at radius 1 is 0.889 bits per heavy atom. The van der Waals surface area contributed by atoms with Gasteiger partial charge in [0.05, 0.1) is 5.52 Å². The molecule has 134 valence electrons. The molecule has 4 aromatic rings. The summed E-state index contributed by atoms with van der Waals surface area (Å²) in [5.41, 5.74) is 2.89. The first kappa shape index (κ1) is 17.8. The van der Waals surface area contributed by atoms with Crippen molar-refractivity contribution in [3.8, 4) is 0 Å². The van der Waals surface area contributed by atoms with Crippen molar-refractivity contribution in [2.75, 3.05) is 10.6 Å². The summed E-state index contributed by atoms with van der Waals surface area (Å²) >= 11 is 9.53. The minimum atomic E-state index is 0.522. The van der Waals surface area contributed by atoms with Crippen LogP contribution in [0, 0.1) is 0 Å². The Balaban J connectivity index is 1.64. The molecule has 0 aliphatic rings. The Kier molecular flexibility index (Phi) is 5.23. The lowest BCUT2D eigenvalue weighted by molar-refractivity contribution is 1.10. The summed E-state index contributed by atoms with van der Waals surface area (Å²) in [5.74, 6) is 1.31. The molecule has 0 aliphatic carbocycles. The summed E-state index contributed by atoms with van der Waals surface area (Å²) < 4.78 is 1.06. The third-order valence-corrected chi connectivity index (χ3v) is 4.82. The third-order valence-electron chi connectivity index (χ3n) is 4.06. The molecule has 0 saturated heterocycles. The molecule has 0 amide bonds. The summed E-state index contributed by atoms with van der Waals surface area (Å²) in [4.78, 5) is 9.29. The lowest BCUT2D eigenvalue weighted by atomic mass is 10.2. The van der Waals surface area contributed by atoms with Crippen LogP contribution >= 0.6 is 27.5 Å². The van der Waals surface area contributed by atoms with Crippen molar-refractivity contribution in [2.45, 2.75) is 6.54 Å². The van der Waals surface area contributed by atoms with Gasteiger partial charge in [0.1, 0.15) is 5.82 Å². The van der Waals surface area contributed by atoms with Crippen LogP contribution in [0.1, 0.15) is 5.56 Å². The Bertz CT molecular complexity index is 1080. The van der Waals surface area contributed by atoms with E-state index in [1.165, 1.54) is 5.56 Å². The second-order valence-corrected chi connectivity index (χ2v) is 7.38. The van der Waals surface area contributed by atoms with Crippen molar-refractivity contribution >= 4 is 55.9 Å². The molecule has 0 bridgehead atoms. The van der Waals surface area contributed by atoms with Crippen LogP contribution in [0.15, 0.2) is 77.3 Å². The van der Waals surface area contributed by atoms with Gasteiger partial charge < -0.3 is 10.6 Å². The first-order chi connectivity index (χ1) is 13.2. The first-order valence-corrected chi connectivity index (χ1v) is 9.62. The van der Waals surface area contributed by atoms with Crippen LogP contribution in [0.2, 0.25) is 5.02 Å². The number of aromatic nitrogens is 2. The zero-order valence-electron chi connectivity index (χ0n) is 14.3. The summed E-state index contributed by atoms with van der Waals surface area (Å²) in [6.45, 7) is 0.672. The van der Waals surface area contributed by atoms with Crippen LogP contribution in [0.25, 0.3) is 10.9 Å². The Morgan fingerprint density at radius 3 is 2.52 bits per heavy atom. The van der Waals surface area contributed by atoms with E-state index in [4.69, 9.17) is 11.6 Å². The largest absolute Gasteiger partial charge is 0.365 e. The molecule has 0 fully saturated rings. The van der Waals surface area contributed by atoms with Crippen LogP contribution in [0.4, 0.5) is 17.5 Å². The van der Waals surface area contributed by atoms with Crippen molar-refractivity contribution in [3.63, 3.8) is 0 Å². The first-order valence-electron chi connectivity index (χ1n) is 8.45. The van der Waals surface area contributed by atoms with Crippen molar-refractivity contribution in [3.05, 3.63) is 87.9 Å². The molecule has 3 aromatic carbocycles. The summed E-state index contributed by atoms with van der Waals surface area (Å²) in [6.07, 6.45) is 0. The molecule has 4 rings (SSSR count). The van der Waals surface area contributed by atoms with Gasteiger partial charge in [-0.1, -0.05) is 57.9 Å². The van der Waals surface area contributed by atoms with Crippen LogP contribution in [0.3, 0.4) is 0 Å². The predicted molar refractivity (Wildman–Crippen MR) is 116 cm³/mol. The number of halogens is 2. The number of hydrogen-bond donors (Lipinski definition) is 2. The van der Waals surface area contributed by atoms with Crippen molar-refractivity contribution in [2.24, 2.45) is 0 Å². The van der Waals surface area contributed by atoms with Gasteiger partial charge in [-0.05, 0) is 48.0 Å². The van der Waals surface area contributed by atoms with Crippen molar-refractivity contribution in [1.82, 2.24) is 9.97 Å². The second kappa shape index (κ2) is 7.94. The van der Waals surface area contributed by atoms with Gasteiger partial charge >= 0.3 is 0 Å². The molecule has 1 heterocycles. The molecule has 0 saturated carbocycles. The van der Waals surface area contributed by atoms with E-state index in [-0.39, 0.29) is 0 Å². The molecule has 2 N–H and O–H groups in total. The number of benzene rings is 3. The van der Waals surface area contributed by atoms with E-state index in [9.17, 15) is 0 Å². The van der Waals surface area contributed by atoms with E-state index in [0.717, 1.165) is 26.9 Å². The fourth-order valence-electron chi connectivity index (χ4n) is 2.75. The maximum absolute atomic E-state index is 6.07. The highest BCUT2D eigenvalue weighted by Gasteiger charge is 2.08. The Morgan fingerprint density at radius 2 is 1.70 bits per heavy atom. The van der Waals surface area contributed by atoms with E-state index in [1.807, 2.05) is 60.7 Å². The van der Waals surface area contributed by atoms with E-state index in [2.05, 4.69) is 48.7 Å². The van der Waals surface area contributed by atoms with Gasteiger partial charge in [-0.3, -0.25) is 0 Å². The average Bonchev–Trinajstić information content (AvgIpc) is 2.67. The third kappa shape index (κ3) is 4.38. The summed E-state index contributed by atoms with van der Waals surface area (Å²) in [6, 6.07) is 23.6. The molecule has 0 radical (unpaired) electrons. The van der Waals surface area contributed by atoms with Gasteiger partial charge in [0, 0.05) is 27.1 Å². The number of nitrogens with zero attached hydrogens (tertiary/aromatic N) is 2. The monoisotopic (exact) mass is 438 g/mol. The van der Waals surface area contributed by atoms with Gasteiger partial charge in [-0.25, -0.2) is 4.98 Å². The van der Waals surface area contributed by atoms with Gasteiger partial charge in [-0.15, -0.1) is 0 Å². The number of fused-ring (bicyclic) bond motifs is 1. The standard InChI is InChI=1S/C21H16BrClN4/c22-15-10-8-14(9-11-15)13-24-20-18-6-1-2-7-19(18)26-21(27-20)25-17-5-3-4-16(23)12-17/h1-12H,13H2,(H2,24,25,26,27). The zero-order valence-corrected chi connectivity index (χ0v) is 16.6. The minimum absolute atomic E-state index is 0.522. The fourth-order valence-corrected chi connectivity index (χ4v) is 3.21. The number of hydrogen-bond acceptors (Lipinski definition) is 4. The van der Waals surface area contributed by atoms with Gasteiger partial charge in [0.15, 0.2) is 0 Å². The number of para-hydroxylation sites is 1. The average molecular weight is 440 g/mol. The van der Waals surface area contributed by atoms with Crippen LogP contribution < -0.4 is 10.6 Å². The molecule has 0 spiro atoms. The maximum Gasteiger partial charge on any atom is 0.229 e. The maximum atomic E-state index is 6.07. The molecular formula is C21H16BrClN4. The molecule has 6 heteroatoms. The zero-order chi connectivity index (χ0) is 18.6. The molecule has 4 nitrogen and oxygen atoms in total. The van der Waals surface area contributed by atoms with Gasteiger partial charge in [0.25, 0.3) is 0 Å². The van der Waals surface area contributed by atoms with E-state index < -0.39 is 0 Å². The van der Waals surface area contributed by atoms with E-state index >= 15 is 0 Å². The highest BCUT2D eigenvalue weighted by atomic mass is 79.9. The van der Waals surface area contributed by atoms with Crippen LogP contribution in [-0.4, -0.2) is 9.97 Å². The molecule has 0 atom stereocenters.